The largest absolute Gasteiger partial charge is 0.261 e. The van der Waals surface area contributed by atoms with Crippen molar-refractivity contribution < 1.29 is 0 Å². The van der Waals surface area contributed by atoms with Crippen LogP contribution in [0.1, 0.15) is 19.0 Å². The first-order valence-electron chi connectivity index (χ1n) is 3.43. The maximum Gasteiger partial charge on any atom is 0.0414 e. The second kappa shape index (κ2) is 3.91. The Morgan fingerprint density at radius 1 is 1.60 bits per heavy atom. The van der Waals surface area contributed by atoms with E-state index in [1.165, 1.54) is 15.7 Å². The number of hydrogen-bond acceptors (Lipinski definition) is 1. The van der Waals surface area contributed by atoms with Gasteiger partial charge in [0.1, 0.15) is 0 Å². The topological polar surface area (TPSA) is 12.9 Å². The summed E-state index contributed by atoms with van der Waals surface area (Å²) in [7, 11) is 0. The van der Waals surface area contributed by atoms with E-state index in [1.54, 1.807) is 0 Å². The van der Waals surface area contributed by atoms with Crippen LogP contribution in [0.25, 0.3) is 0 Å². The van der Waals surface area contributed by atoms with Crippen LogP contribution >= 0.6 is 22.6 Å². The van der Waals surface area contributed by atoms with E-state index < -0.39 is 0 Å². The average Bonchev–Trinajstić information content (AvgIpc) is 1.88. The van der Waals surface area contributed by atoms with Gasteiger partial charge in [-0.2, -0.15) is 0 Å². The molecular formula is C8H10IN. The highest BCUT2D eigenvalue weighted by atomic mass is 127. The molecule has 1 rings (SSSR count). The molecular weight excluding hydrogens is 237 g/mol. The van der Waals surface area contributed by atoms with E-state index in [9.17, 15) is 0 Å². The van der Waals surface area contributed by atoms with Gasteiger partial charge in [0, 0.05) is 15.5 Å². The van der Waals surface area contributed by atoms with Gasteiger partial charge >= 0.3 is 0 Å². The van der Waals surface area contributed by atoms with Gasteiger partial charge in [-0.15, -0.1) is 0 Å². The third-order valence-electron chi connectivity index (χ3n) is 1.28. The minimum Gasteiger partial charge on any atom is -0.261 e. The predicted molar refractivity (Wildman–Crippen MR) is 50.9 cm³/mol. The quantitative estimate of drug-likeness (QED) is 0.732. The molecule has 0 aromatic carbocycles. The van der Waals surface area contributed by atoms with Crippen molar-refractivity contribution in [3.63, 3.8) is 0 Å². The highest BCUT2D eigenvalue weighted by Gasteiger charge is 1.91. The van der Waals surface area contributed by atoms with Crippen LogP contribution in [0.3, 0.4) is 0 Å². The van der Waals surface area contributed by atoms with Gasteiger partial charge in [-0.05, 0) is 41.1 Å². The lowest BCUT2D eigenvalue weighted by molar-refractivity contribution is 0.881. The summed E-state index contributed by atoms with van der Waals surface area (Å²) in [5, 5.41) is 0. The van der Waals surface area contributed by atoms with E-state index in [-0.39, 0.29) is 0 Å². The van der Waals surface area contributed by atoms with Crippen molar-refractivity contribution in [2.45, 2.75) is 19.8 Å². The SMILES string of the molecule is CCCc1cc(I)ccn1. The van der Waals surface area contributed by atoms with Gasteiger partial charge in [0.25, 0.3) is 0 Å². The maximum absolute atomic E-state index is 4.22. The zero-order chi connectivity index (χ0) is 7.40. The third kappa shape index (κ3) is 2.25. The molecule has 1 heterocycles. The first-order chi connectivity index (χ1) is 4.83. The van der Waals surface area contributed by atoms with Gasteiger partial charge < -0.3 is 0 Å². The third-order valence-corrected chi connectivity index (χ3v) is 1.96. The highest BCUT2D eigenvalue weighted by Crippen LogP contribution is 2.05. The molecule has 54 valence electrons. The standard InChI is InChI=1S/C8H10IN/c1-2-3-8-6-7(9)4-5-10-8/h4-6H,2-3H2,1H3. The molecule has 0 fully saturated rings. The molecule has 0 radical (unpaired) electrons. The monoisotopic (exact) mass is 247 g/mol. The van der Waals surface area contributed by atoms with Crippen molar-refractivity contribution in [2.75, 3.05) is 0 Å². The fourth-order valence-corrected chi connectivity index (χ4v) is 1.36. The lowest BCUT2D eigenvalue weighted by Crippen LogP contribution is -1.87. The average molecular weight is 247 g/mol. The summed E-state index contributed by atoms with van der Waals surface area (Å²) in [6.45, 7) is 2.17. The van der Waals surface area contributed by atoms with E-state index in [0.717, 1.165) is 6.42 Å². The van der Waals surface area contributed by atoms with Crippen LogP contribution in [-0.2, 0) is 6.42 Å². The molecule has 1 aromatic rings. The van der Waals surface area contributed by atoms with Gasteiger partial charge in [-0.25, -0.2) is 0 Å². The van der Waals surface area contributed by atoms with Crippen molar-refractivity contribution in [1.29, 1.82) is 0 Å². The van der Waals surface area contributed by atoms with Gasteiger partial charge in [0.05, 0.1) is 0 Å². The first-order valence-corrected chi connectivity index (χ1v) is 4.51. The summed E-state index contributed by atoms with van der Waals surface area (Å²) in [5.74, 6) is 0. The van der Waals surface area contributed by atoms with Crippen molar-refractivity contribution in [3.8, 4) is 0 Å². The molecule has 0 amide bonds. The lowest BCUT2D eigenvalue weighted by atomic mass is 10.2. The Morgan fingerprint density at radius 3 is 3.00 bits per heavy atom. The number of halogens is 1. The Bertz CT molecular complexity index is 210. The fourth-order valence-electron chi connectivity index (χ4n) is 0.842. The molecule has 0 atom stereocenters. The van der Waals surface area contributed by atoms with Crippen LogP contribution in [0.15, 0.2) is 18.3 Å². The summed E-state index contributed by atoms with van der Waals surface area (Å²) >= 11 is 2.31. The Labute approximate surface area is 75.0 Å². The summed E-state index contributed by atoms with van der Waals surface area (Å²) in [6.07, 6.45) is 4.14. The van der Waals surface area contributed by atoms with Crippen molar-refractivity contribution >= 4 is 22.6 Å². The molecule has 0 unspecified atom stereocenters. The minimum atomic E-state index is 1.09. The van der Waals surface area contributed by atoms with Crippen molar-refractivity contribution in [3.05, 3.63) is 27.6 Å². The van der Waals surface area contributed by atoms with E-state index in [1.807, 2.05) is 12.3 Å². The summed E-state index contributed by atoms with van der Waals surface area (Å²) in [6, 6.07) is 4.14. The molecule has 1 aromatic heterocycles. The number of aromatic nitrogens is 1. The molecule has 0 spiro atoms. The van der Waals surface area contributed by atoms with E-state index >= 15 is 0 Å². The molecule has 0 aliphatic rings. The molecule has 1 nitrogen and oxygen atoms in total. The molecule has 0 saturated carbocycles. The molecule has 10 heavy (non-hydrogen) atoms. The first kappa shape index (κ1) is 7.98. The zero-order valence-corrected chi connectivity index (χ0v) is 8.13. The van der Waals surface area contributed by atoms with E-state index in [2.05, 4.69) is 40.6 Å². The number of nitrogens with zero attached hydrogens (tertiary/aromatic N) is 1. The predicted octanol–water partition coefficient (Wildman–Crippen LogP) is 2.64. The molecule has 0 aliphatic carbocycles. The van der Waals surface area contributed by atoms with Gasteiger partial charge in [-0.3, -0.25) is 4.98 Å². The maximum atomic E-state index is 4.22. The molecule has 0 N–H and O–H groups in total. The fraction of sp³-hybridized carbons (Fsp3) is 0.375. The molecule has 0 aliphatic heterocycles. The Balaban J connectivity index is 2.75. The van der Waals surface area contributed by atoms with Crippen LogP contribution in [0.2, 0.25) is 0 Å². The van der Waals surface area contributed by atoms with Crippen LogP contribution < -0.4 is 0 Å². The van der Waals surface area contributed by atoms with E-state index in [0.29, 0.717) is 0 Å². The summed E-state index contributed by atoms with van der Waals surface area (Å²) < 4.78 is 1.27. The number of rotatable bonds is 2. The molecule has 0 saturated heterocycles. The summed E-state index contributed by atoms with van der Waals surface area (Å²) in [5.41, 5.74) is 1.20. The van der Waals surface area contributed by atoms with Crippen molar-refractivity contribution in [2.24, 2.45) is 0 Å². The Morgan fingerprint density at radius 2 is 2.40 bits per heavy atom. The highest BCUT2D eigenvalue weighted by molar-refractivity contribution is 14.1. The second-order valence-electron chi connectivity index (χ2n) is 2.22. The number of aryl methyl sites for hydroxylation is 1. The summed E-state index contributed by atoms with van der Waals surface area (Å²) in [4.78, 5) is 4.22. The van der Waals surface area contributed by atoms with Crippen LogP contribution in [0, 0.1) is 3.57 Å². The minimum absolute atomic E-state index is 1.09. The van der Waals surface area contributed by atoms with Crippen LogP contribution in [-0.4, -0.2) is 4.98 Å². The molecule has 2 heteroatoms. The van der Waals surface area contributed by atoms with Crippen molar-refractivity contribution in [1.82, 2.24) is 4.98 Å². The Kier molecular flexibility index (Phi) is 3.12. The van der Waals surface area contributed by atoms with Gasteiger partial charge in [0.2, 0.25) is 0 Å². The second-order valence-corrected chi connectivity index (χ2v) is 3.46. The van der Waals surface area contributed by atoms with Gasteiger partial charge in [0.15, 0.2) is 0 Å². The van der Waals surface area contributed by atoms with E-state index in [4.69, 9.17) is 0 Å². The number of hydrogen-bond donors (Lipinski definition) is 0. The Hall–Kier alpha value is -0.120. The van der Waals surface area contributed by atoms with Crippen LogP contribution in [0.4, 0.5) is 0 Å². The van der Waals surface area contributed by atoms with Gasteiger partial charge in [-0.1, -0.05) is 13.3 Å². The normalized spacial score (nSPS) is 9.80. The molecule has 0 bridgehead atoms. The lowest BCUT2D eigenvalue weighted by Gasteiger charge is -1.95. The zero-order valence-electron chi connectivity index (χ0n) is 5.97. The number of pyridine rings is 1. The smallest absolute Gasteiger partial charge is 0.0414 e. The van der Waals surface area contributed by atoms with Crippen LogP contribution in [0.5, 0.6) is 0 Å².